The number of halogens is 1. The number of nitrogens with zero attached hydrogens (tertiary/aromatic N) is 1. The number of aliphatic hydroxyl groups excluding tert-OH is 1. The van der Waals surface area contributed by atoms with Crippen molar-refractivity contribution in [2.75, 3.05) is 0 Å². The van der Waals surface area contributed by atoms with E-state index in [0.717, 1.165) is 20.0 Å². The number of hydrogen-bond donors (Lipinski definition) is 1. The third-order valence-electron chi connectivity index (χ3n) is 2.52. The van der Waals surface area contributed by atoms with Gasteiger partial charge in [0.15, 0.2) is 0 Å². The van der Waals surface area contributed by atoms with Crippen LogP contribution in [0.4, 0.5) is 0 Å². The molecular formula is C14H14BrNOS. The Morgan fingerprint density at radius 1 is 1.28 bits per heavy atom. The largest absolute Gasteiger partial charge is 0.387 e. The molecular weight excluding hydrogens is 310 g/mol. The average molecular weight is 324 g/mol. The first-order valence-corrected chi connectivity index (χ1v) is 7.37. The molecule has 0 saturated carbocycles. The van der Waals surface area contributed by atoms with E-state index in [2.05, 4.69) is 33.0 Å². The molecule has 0 aliphatic carbocycles. The first-order valence-electron chi connectivity index (χ1n) is 5.76. The zero-order chi connectivity index (χ0) is 13.0. The van der Waals surface area contributed by atoms with Crippen molar-refractivity contribution in [1.29, 1.82) is 0 Å². The minimum Gasteiger partial charge on any atom is -0.387 e. The number of rotatable bonds is 4. The fourth-order valence-corrected chi connectivity index (χ4v) is 2.92. The van der Waals surface area contributed by atoms with Crippen LogP contribution in [0.25, 0.3) is 0 Å². The van der Waals surface area contributed by atoms with Gasteiger partial charge >= 0.3 is 0 Å². The van der Waals surface area contributed by atoms with Crippen LogP contribution in [-0.4, -0.2) is 10.1 Å². The minimum atomic E-state index is -0.463. The van der Waals surface area contributed by atoms with Crippen LogP contribution in [0.1, 0.15) is 25.1 Å². The van der Waals surface area contributed by atoms with E-state index in [1.54, 1.807) is 18.0 Å². The molecule has 94 valence electrons. The van der Waals surface area contributed by atoms with E-state index < -0.39 is 6.10 Å². The van der Waals surface area contributed by atoms with Gasteiger partial charge in [-0.1, -0.05) is 40.7 Å². The molecule has 1 aromatic heterocycles. The highest BCUT2D eigenvalue weighted by Gasteiger charge is 2.06. The molecule has 4 heteroatoms. The number of pyridine rings is 1. The Morgan fingerprint density at radius 3 is 2.72 bits per heavy atom. The molecule has 1 N–H and O–H groups in total. The summed E-state index contributed by atoms with van der Waals surface area (Å²) < 4.78 is 1.07. The summed E-state index contributed by atoms with van der Waals surface area (Å²) in [7, 11) is 0. The second-order valence-corrected chi connectivity index (χ2v) is 5.96. The average Bonchev–Trinajstić information content (AvgIpc) is 2.39. The van der Waals surface area contributed by atoms with Crippen molar-refractivity contribution >= 4 is 27.7 Å². The summed E-state index contributed by atoms with van der Waals surface area (Å²) in [5.74, 6) is 0. The molecule has 0 radical (unpaired) electrons. The van der Waals surface area contributed by atoms with Gasteiger partial charge in [0.2, 0.25) is 0 Å². The Morgan fingerprint density at radius 2 is 2.11 bits per heavy atom. The highest BCUT2D eigenvalue weighted by Crippen LogP contribution is 2.29. The SMILES string of the molecule is CC[C@H](O)c1ccc(Sc2cccc(Br)c2)cn1. The molecule has 18 heavy (non-hydrogen) atoms. The molecule has 0 aliphatic heterocycles. The first kappa shape index (κ1) is 13.6. The highest BCUT2D eigenvalue weighted by atomic mass is 79.9. The molecule has 1 atom stereocenters. The van der Waals surface area contributed by atoms with Crippen molar-refractivity contribution in [3.05, 3.63) is 52.8 Å². The molecule has 0 spiro atoms. The van der Waals surface area contributed by atoms with Crippen molar-refractivity contribution in [2.24, 2.45) is 0 Å². The number of hydrogen-bond acceptors (Lipinski definition) is 3. The van der Waals surface area contributed by atoms with Crippen LogP contribution < -0.4 is 0 Å². The summed E-state index contributed by atoms with van der Waals surface area (Å²) in [6.07, 6.45) is 2.03. The van der Waals surface area contributed by atoms with Gasteiger partial charge in [0, 0.05) is 20.5 Å². The summed E-state index contributed by atoms with van der Waals surface area (Å²) in [6.45, 7) is 1.94. The molecule has 0 saturated heterocycles. The molecule has 0 bridgehead atoms. The third kappa shape index (κ3) is 3.57. The molecule has 0 amide bonds. The molecule has 2 nitrogen and oxygen atoms in total. The van der Waals surface area contributed by atoms with Gasteiger partial charge in [0.1, 0.15) is 0 Å². The molecule has 0 aliphatic rings. The van der Waals surface area contributed by atoms with E-state index in [0.29, 0.717) is 6.42 Å². The lowest BCUT2D eigenvalue weighted by Gasteiger charge is -2.07. The zero-order valence-corrected chi connectivity index (χ0v) is 12.4. The molecule has 2 rings (SSSR count). The number of benzene rings is 1. The van der Waals surface area contributed by atoms with E-state index in [-0.39, 0.29) is 0 Å². The Balaban J connectivity index is 2.11. The Hall–Kier alpha value is -0.840. The zero-order valence-electron chi connectivity index (χ0n) is 10.0. The first-order chi connectivity index (χ1) is 8.69. The maximum absolute atomic E-state index is 9.67. The smallest absolute Gasteiger partial charge is 0.0957 e. The van der Waals surface area contributed by atoms with Gasteiger partial charge < -0.3 is 5.11 Å². The molecule has 0 fully saturated rings. The van der Waals surface area contributed by atoms with Gasteiger partial charge in [0.05, 0.1) is 11.8 Å². The van der Waals surface area contributed by atoms with Gasteiger partial charge in [-0.05, 0) is 36.8 Å². The van der Waals surface area contributed by atoms with E-state index >= 15 is 0 Å². The Kier molecular flexibility index (Phi) is 4.80. The summed E-state index contributed by atoms with van der Waals surface area (Å²) >= 11 is 5.11. The van der Waals surface area contributed by atoms with Gasteiger partial charge in [-0.15, -0.1) is 0 Å². The number of aliphatic hydroxyl groups is 1. The molecule has 2 aromatic rings. The van der Waals surface area contributed by atoms with Crippen molar-refractivity contribution in [3.8, 4) is 0 Å². The quantitative estimate of drug-likeness (QED) is 0.903. The van der Waals surface area contributed by atoms with Crippen molar-refractivity contribution in [1.82, 2.24) is 4.98 Å². The summed E-state index contributed by atoms with van der Waals surface area (Å²) in [6, 6.07) is 12.0. The Bertz CT molecular complexity index is 515. The van der Waals surface area contributed by atoms with Gasteiger partial charge in [0.25, 0.3) is 0 Å². The third-order valence-corrected chi connectivity index (χ3v) is 3.98. The number of aromatic nitrogens is 1. The fourth-order valence-electron chi connectivity index (χ4n) is 1.52. The predicted octanol–water partition coefficient (Wildman–Crippen LogP) is 4.44. The molecule has 1 aromatic carbocycles. The van der Waals surface area contributed by atoms with Crippen molar-refractivity contribution in [3.63, 3.8) is 0 Å². The van der Waals surface area contributed by atoms with Gasteiger partial charge in [-0.3, -0.25) is 4.98 Å². The van der Waals surface area contributed by atoms with Crippen LogP contribution in [0.5, 0.6) is 0 Å². The maximum atomic E-state index is 9.67. The van der Waals surface area contributed by atoms with E-state index in [1.165, 1.54) is 0 Å². The Labute approximate surface area is 120 Å². The van der Waals surface area contributed by atoms with Crippen LogP contribution >= 0.6 is 27.7 Å². The summed E-state index contributed by atoms with van der Waals surface area (Å²) in [5.41, 5.74) is 0.732. The van der Waals surface area contributed by atoms with Crippen LogP contribution in [0.15, 0.2) is 56.9 Å². The monoisotopic (exact) mass is 323 g/mol. The van der Waals surface area contributed by atoms with Crippen LogP contribution in [0.3, 0.4) is 0 Å². The normalized spacial score (nSPS) is 12.4. The van der Waals surface area contributed by atoms with E-state index in [1.807, 2.05) is 31.2 Å². The lowest BCUT2D eigenvalue weighted by atomic mass is 10.2. The second kappa shape index (κ2) is 6.36. The fraction of sp³-hybridized carbons (Fsp3) is 0.214. The minimum absolute atomic E-state index is 0.463. The van der Waals surface area contributed by atoms with E-state index in [4.69, 9.17) is 0 Å². The second-order valence-electron chi connectivity index (χ2n) is 3.90. The topological polar surface area (TPSA) is 33.1 Å². The molecule has 1 heterocycles. The van der Waals surface area contributed by atoms with Crippen LogP contribution in [0, 0.1) is 0 Å². The van der Waals surface area contributed by atoms with Gasteiger partial charge in [-0.2, -0.15) is 0 Å². The molecule has 0 unspecified atom stereocenters. The lowest BCUT2D eigenvalue weighted by Crippen LogP contribution is -1.97. The van der Waals surface area contributed by atoms with Crippen molar-refractivity contribution in [2.45, 2.75) is 29.2 Å². The summed E-state index contributed by atoms with van der Waals surface area (Å²) in [4.78, 5) is 6.52. The standard InChI is InChI=1S/C14H14BrNOS/c1-2-14(17)13-7-6-12(9-16-13)18-11-5-3-4-10(15)8-11/h3-9,14,17H,2H2,1H3/t14-/m0/s1. The van der Waals surface area contributed by atoms with Gasteiger partial charge in [-0.25, -0.2) is 0 Å². The summed E-state index contributed by atoms with van der Waals surface area (Å²) in [5, 5.41) is 9.67. The van der Waals surface area contributed by atoms with Crippen LogP contribution in [0.2, 0.25) is 0 Å². The predicted molar refractivity (Wildman–Crippen MR) is 77.8 cm³/mol. The van der Waals surface area contributed by atoms with E-state index in [9.17, 15) is 5.11 Å². The highest BCUT2D eigenvalue weighted by molar-refractivity contribution is 9.10. The van der Waals surface area contributed by atoms with Crippen LogP contribution in [-0.2, 0) is 0 Å². The maximum Gasteiger partial charge on any atom is 0.0957 e. The lowest BCUT2D eigenvalue weighted by molar-refractivity contribution is 0.169. The van der Waals surface area contributed by atoms with Crippen molar-refractivity contribution < 1.29 is 5.11 Å².